The Morgan fingerprint density at radius 2 is 2.29 bits per heavy atom. The van der Waals surface area contributed by atoms with Crippen molar-refractivity contribution in [3.63, 3.8) is 0 Å². The Hall–Kier alpha value is -0.910. The molecule has 72 valence electrons. The Labute approximate surface area is 93.2 Å². The van der Waals surface area contributed by atoms with E-state index in [1.54, 1.807) is 11.4 Å². The number of thiophene rings is 1. The van der Waals surface area contributed by atoms with Gasteiger partial charge < -0.3 is 5.73 Å². The van der Waals surface area contributed by atoms with Gasteiger partial charge in [-0.15, -0.1) is 22.7 Å². The molecule has 6 heteroatoms. The van der Waals surface area contributed by atoms with Gasteiger partial charge in [-0.3, -0.25) is 4.79 Å². The van der Waals surface area contributed by atoms with Crippen LogP contribution >= 0.6 is 34.3 Å². The van der Waals surface area contributed by atoms with Gasteiger partial charge in [0.25, 0.3) is 5.91 Å². The zero-order valence-electron chi connectivity index (χ0n) is 6.86. The van der Waals surface area contributed by atoms with E-state index in [2.05, 4.69) is 4.98 Å². The molecule has 2 N–H and O–H groups in total. The number of carbonyl (C=O) groups is 1. The molecular weight excluding hydrogens is 240 g/mol. The summed E-state index contributed by atoms with van der Waals surface area (Å²) >= 11 is 8.45. The number of rotatable bonds is 2. The van der Waals surface area contributed by atoms with E-state index in [0.717, 1.165) is 10.6 Å². The second kappa shape index (κ2) is 3.68. The molecule has 2 rings (SSSR count). The summed E-state index contributed by atoms with van der Waals surface area (Å²) in [6, 6.07) is 3.66. The fourth-order valence-electron chi connectivity index (χ4n) is 0.952. The van der Waals surface area contributed by atoms with Crippen molar-refractivity contribution in [1.82, 2.24) is 4.98 Å². The molecule has 0 atom stereocenters. The fourth-order valence-corrected chi connectivity index (χ4v) is 2.70. The van der Waals surface area contributed by atoms with E-state index in [4.69, 9.17) is 17.3 Å². The SMILES string of the molecule is NC(=O)c1nc(-c2ccc(Cl)s2)cs1. The molecule has 0 bridgehead atoms. The van der Waals surface area contributed by atoms with Gasteiger partial charge in [0.05, 0.1) is 14.9 Å². The second-order valence-corrected chi connectivity index (χ2v) is 5.08. The van der Waals surface area contributed by atoms with Crippen molar-refractivity contribution in [2.45, 2.75) is 0 Å². The molecular formula is C8H5ClN2OS2. The summed E-state index contributed by atoms with van der Waals surface area (Å²) < 4.78 is 0.702. The standard InChI is InChI=1S/C8H5ClN2OS2/c9-6-2-1-5(14-6)4-3-13-8(11-4)7(10)12/h1-3H,(H2,10,12). The van der Waals surface area contributed by atoms with Crippen LogP contribution in [0.5, 0.6) is 0 Å². The van der Waals surface area contributed by atoms with Crippen LogP contribution in [-0.4, -0.2) is 10.9 Å². The highest BCUT2D eigenvalue weighted by atomic mass is 35.5. The first-order valence-corrected chi connectivity index (χ1v) is 5.75. The third kappa shape index (κ3) is 1.79. The highest BCUT2D eigenvalue weighted by Crippen LogP contribution is 2.31. The minimum atomic E-state index is -0.496. The number of amides is 1. The molecule has 2 aromatic rings. The maximum absolute atomic E-state index is 10.8. The molecule has 1 amide bonds. The number of aromatic nitrogens is 1. The number of hydrogen-bond acceptors (Lipinski definition) is 4. The van der Waals surface area contributed by atoms with Gasteiger partial charge in [0, 0.05) is 5.38 Å². The van der Waals surface area contributed by atoms with Gasteiger partial charge in [0.1, 0.15) is 0 Å². The van der Waals surface area contributed by atoms with Crippen LogP contribution in [0.4, 0.5) is 0 Å². The van der Waals surface area contributed by atoms with Gasteiger partial charge in [-0.1, -0.05) is 11.6 Å². The zero-order valence-corrected chi connectivity index (χ0v) is 9.25. The molecule has 14 heavy (non-hydrogen) atoms. The number of thiazole rings is 1. The topological polar surface area (TPSA) is 56.0 Å². The number of nitrogens with two attached hydrogens (primary N) is 1. The summed E-state index contributed by atoms with van der Waals surface area (Å²) in [7, 11) is 0. The average molecular weight is 245 g/mol. The summed E-state index contributed by atoms with van der Waals surface area (Å²) in [5, 5.41) is 2.12. The zero-order chi connectivity index (χ0) is 10.1. The monoisotopic (exact) mass is 244 g/mol. The summed E-state index contributed by atoms with van der Waals surface area (Å²) in [5.74, 6) is -0.496. The summed E-state index contributed by atoms with van der Waals surface area (Å²) in [5.41, 5.74) is 5.85. The number of primary amides is 1. The smallest absolute Gasteiger partial charge is 0.277 e. The molecule has 0 saturated heterocycles. The molecule has 0 aliphatic heterocycles. The van der Waals surface area contributed by atoms with Crippen molar-refractivity contribution in [2.75, 3.05) is 0 Å². The lowest BCUT2D eigenvalue weighted by Gasteiger charge is -1.86. The molecule has 0 aliphatic rings. The van der Waals surface area contributed by atoms with E-state index in [-0.39, 0.29) is 0 Å². The first-order chi connectivity index (χ1) is 6.66. The average Bonchev–Trinajstić information content (AvgIpc) is 2.70. The number of nitrogens with zero attached hydrogens (tertiary/aromatic N) is 1. The molecule has 2 heterocycles. The number of halogens is 1. The predicted molar refractivity (Wildman–Crippen MR) is 59.0 cm³/mol. The van der Waals surface area contributed by atoms with E-state index in [9.17, 15) is 4.79 Å². The van der Waals surface area contributed by atoms with Crippen LogP contribution in [-0.2, 0) is 0 Å². The van der Waals surface area contributed by atoms with E-state index in [1.807, 2.05) is 6.07 Å². The Bertz CT molecular complexity index is 477. The largest absolute Gasteiger partial charge is 0.364 e. The van der Waals surface area contributed by atoms with Crippen LogP contribution in [0, 0.1) is 0 Å². The predicted octanol–water partition coefficient (Wildman–Crippen LogP) is 2.62. The maximum Gasteiger partial charge on any atom is 0.277 e. The number of carbonyl (C=O) groups excluding carboxylic acids is 1. The lowest BCUT2D eigenvalue weighted by Crippen LogP contribution is -2.09. The van der Waals surface area contributed by atoms with Crippen LogP contribution in [0.1, 0.15) is 9.80 Å². The Morgan fingerprint density at radius 1 is 1.50 bits per heavy atom. The third-order valence-electron chi connectivity index (χ3n) is 1.54. The first kappa shape index (κ1) is 9.64. The van der Waals surface area contributed by atoms with Gasteiger partial charge in [-0.25, -0.2) is 4.98 Å². The van der Waals surface area contributed by atoms with E-state index >= 15 is 0 Å². The Balaban J connectivity index is 2.38. The normalized spacial score (nSPS) is 10.4. The summed E-state index contributed by atoms with van der Waals surface area (Å²) in [6.07, 6.45) is 0. The van der Waals surface area contributed by atoms with Crippen molar-refractivity contribution in [1.29, 1.82) is 0 Å². The maximum atomic E-state index is 10.8. The van der Waals surface area contributed by atoms with E-state index < -0.39 is 5.91 Å². The van der Waals surface area contributed by atoms with Gasteiger partial charge in [-0.2, -0.15) is 0 Å². The van der Waals surface area contributed by atoms with Crippen LogP contribution in [0.25, 0.3) is 10.6 Å². The molecule has 0 radical (unpaired) electrons. The van der Waals surface area contributed by atoms with Crippen LogP contribution in [0.3, 0.4) is 0 Å². The molecule has 3 nitrogen and oxygen atoms in total. The van der Waals surface area contributed by atoms with Gasteiger partial charge in [0.15, 0.2) is 5.01 Å². The van der Waals surface area contributed by atoms with Gasteiger partial charge in [0.2, 0.25) is 0 Å². The molecule has 0 saturated carbocycles. The van der Waals surface area contributed by atoms with Crippen LogP contribution in [0.2, 0.25) is 4.34 Å². The van der Waals surface area contributed by atoms with Gasteiger partial charge >= 0.3 is 0 Å². The van der Waals surface area contributed by atoms with Crippen molar-refractivity contribution >= 4 is 40.2 Å². The first-order valence-electron chi connectivity index (χ1n) is 3.68. The van der Waals surface area contributed by atoms with E-state index in [0.29, 0.717) is 9.34 Å². The van der Waals surface area contributed by atoms with Crippen LogP contribution < -0.4 is 5.73 Å². The summed E-state index contributed by atoms with van der Waals surface area (Å²) in [4.78, 5) is 15.8. The summed E-state index contributed by atoms with van der Waals surface area (Å²) in [6.45, 7) is 0. The number of hydrogen-bond donors (Lipinski definition) is 1. The van der Waals surface area contributed by atoms with Crippen molar-refractivity contribution in [3.05, 3.63) is 26.9 Å². The molecule has 0 unspecified atom stereocenters. The quantitative estimate of drug-likeness (QED) is 0.883. The van der Waals surface area contributed by atoms with Gasteiger partial charge in [-0.05, 0) is 12.1 Å². The van der Waals surface area contributed by atoms with Crippen LogP contribution in [0.15, 0.2) is 17.5 Å². The molecule has 0 aliphatic carbocycles. The molecule has 0 aromatic carbocycles. The minimum Gasteiger partial charge on any atom is -0.364 e. The highest BCUT2D eigenvalue weighted by Gasteiger charge is 2.09. The third-order valence-corrected chi connectivity index (χ3v) is 3.65. The van der Waals surface area contributed by atoms with Crippen molar-refractivity contribution in [2.24, 2.45) is 5.73 Å². The fraction of sp³-hybridized carbons (Fsp3) is 0. The highest BCUT2D eigenvalue weighted by molar-refractivity contribution is 7.19. The second-order valence-electron chi connectivity index (χ2n) is 2.51. The lowest BCUT2D eigenvalue weighted by molar-refractivity contribution is 0.1000. The van der Waals surface area contributed by atoms with Crippen molar-refractivity contribution < 1.29 is 4.79 Å². The Morgan fingerprint density at radius 3 is 2.79 bits per heavy atom. The lowest BCUT2D eigenvalue weighted by atomic mass is 10.4. The Kier molecular flexibility index (Phi) is 2.54. The molecule has 2 aromatic heterocycles. The van der Waals surface area contributed by atoms with E-state index in [1.165, 1.54) is 22.7 Å². The van der Waals surface area contributed by atoms with Crippen molar-refractivity contribution in [3.8, 4) is 10.6 Å². The minimum absolute atomic E-state index is 0.324. The molecule has 0 spiro atoms. The molecule has 0 fully saturated rings.